The highest BCUT2D eigenvalue weighted by Gasteiger charge is 2.38. The molecule has 0 aromatic heterocycles. The second-order valence-corrected chi connectivity index (χ2v) is 6.74. The number of nitrogens with zero attached hydrogens (tertiary/aromatic N) is 1. The van der Waals surface area contributed by atoms with Crippen molar-refractivity contribution in [2.24, 2.45) is 5.41 Å². The summed E-state index contributed by atoms with van der Waals surface area (Å²) in [5, 5.41) is 5.00. The number of amides is 3. The predicted octanol–water partition coefficient (Wildman–Crippen LogP) is -0.200. The number of carbonyl (C=O) groups excluding carboxylic acids is 3. The van der Waals surface area contributed by atoms with Crippen LogP contribution in [-0.4, -0.2) is 53.4 Å². The smallest absolute Gasteiger partial charge is 0.244 e. The van der Waals surface area contributed by atoms with Gasteiger partial charge in [-0.05, 0) is 0 Å². The van der Waals surface area contributed by atoms with Gasteiger partial charge in [0.1, 0.15) is 6.04 Å². The Morgan fingerprint density at radius 3 is 2.57 bits per heavy atom. The Hall–Kier alpha value is -1.68. The van der Waals surface area contributed by atoms with Gasteiger partial charge in [-0.25, -0.2) is 0 Å². The fourth-order valence-corrected chi connectivity index (χ4v) is 2.94. The van der Waals surface area contributed by atoms with Gasteiger partial charge in [0.2, 0.25) is 17.7 Å². The van der Waals surface area contributed by atoms with Gasteiger partial charge in [-0.2, -0.15) is 0 Å². The van der Waals surface area contributed by atoms with Crippen molar-refractivity contribution in [2.45, 2.75) is 26.8 Å². The van der Waals surface area contributed by atoms with Crippen LogP contribution in [0.5, 0.6) is 0 Å². The van der Waals surface area contributed by atoms with Crippen molar-refractivity contribution in [3.63, 3.8) is 0 Å². The molecule has 0 spiro atoms. The molecule has 3 amide bonds. The molecule has 1 saturated heterocycles. The largest absolute Gasteiger partial charge is 0.345 e. The van der Waals surface area contributed by atoms with Gasteiger partial charge in [-0.15, -0.1) is 18.2 Å². The molecular formula is C14H21N3O3S. The number of terminal acetylenes is 1. The van der Waals surface area contributed by atoms with Gasteiger partial charge in [0.25, 0.3) is 0 Å². The van der Waals surface area contributed by atoms with Gasteiger partial charge in [-0.1, -0.05) is 26.7 Å². The molecule has 1 unspecified atom stereocenters. The standard InChI is InChI=1S/C14H21N3O3S/c1-5-6-15-11(18)7-16-12(19)10-8-21-9-17(10)13(20)14(2,3)4/h1,10H,6-9H2,2-4H3,(H,15,18)(H,16,19). The third-order valence-corrected chi connectivity index (χ3v) is 3.91. The lowest BCUT2D eigenvalue weighted by Crippen LogP contribution is -2.51. The van der Waals surface area contributed by atoms with Crippen LogP contribution < -0.4 is 10.6 Å². The SMILES string of the molecule is C#CCNC(=O)CNC(=O)C1CSCN1C(=O)C(C)(C)C. The Balaban J connectivity index is 2.55. The van der Waals surface area contributed by atoms with Crippen molar-refractivity contribution in [3.8, 4) is 12.3 Å². The van der Waals surface area contributed by atoms with Crippen LogP contribution in [0.15, 0.2) is 0 Å². The van der Waals surface area contributed by atoms with Crippen LogP contribution in [0.4, 0.5) is 0 Å². The number of rotatable bonds is 4. The third kappa shape index (κ3) is 4.97. The second-order valence-electron chi connectivity index (χ2n) is 5.74. The molecular weight excluding hydrogens is 290 g/mol. The minimum absolute atomic E-state index is 0.0653. The summed E-state index contributed by atoms with van der Waals surface area (Å²) in [4.78, 5) is 37.4. The Bertz CT molecular complexity index is 465. The van der Waals surface area contributed by atoms with Crippen molar-refractivity contribution in [2.75, 3.05) is 24.7 Å². The Kier molecular flexibility index (Phi) is 6.09. The lowest BCUT2D eigenvalue weighted by atomic mass is 9.94. The van der Waals surface area contributed by atoms with Crippen molar-refractivity contribution in [1.29, 1.82) is 0 Å². The van der Waals surface area contributed by atoms with Crippen molar-refractivity contribution < 1.29 is 14.4 Å². The van der Waals surface area contributed by atoms with Gasteiger partial charge in [0, 0.05) is 11.2 Å². The Labute approximate surface area is 129 Å². The normalized spacial score (nSPS) is 18.0. The van der Waals surface area contributed by atoms with Crippen LogP contribution in [-0.2, 0) is 14.4 Å². The van der Waals surface area contributed by atoms with E-state index >= 15 is 0 Å². The lowest BCUT2D eigenvalue weighted by Gasteiger charge is -2.29. The maximum atomic E-state index is 12.3. The minimum Gasteiger partial charge on any atom is -0.345 e. The van der Waals surface area contributed by atoms with E-state index in [1.807, 2.05) is 20.8 Å². The quantitative estimate of drug-likeness (QED) is 0.705. The highest BCUT2D eigenvalue weighted by atomic mass is 32.2. The predicted molar refractivity (Wildman–Crippen MR) is 82.3 cm³/mol. The van der Waals surface area contributed by atoms with E-state index in [0.29, 0.717) is 11.6 Å². The van der Waals surface area contributed by atoms with Gasteiger partial charge in [0.05, 0.1) is 19.0 Å². The summed E-state index contributed by atoms with van der Waals surface area (Å²) in [6.45, 7) is 5.45. The Morgan fingerprint density at radius 2 is 2.00 bits per heavy atom. The molecule has 1 rings (SSSR count). The number of hydrogen-bond donors (Lipinski definition) is 2. The molecule has 6 nitrogen and oxygen atoms in total. The second kappa shape index (κ2) is 7.36. The molecule has 1 aliphatic heterocycles. The summed E-state index contributed by atoms with van der Waals surface area (Å²) in [6, 6.07) is -0.526. The van der Waals surface area contributed by atoms with Gasteiger partial charge < -0.3 is 15.5 Å². The molecule has 0 aliphatic carbocycles. The molecule has 0 aromatic carbocycles. The zero-order chi connectivity index (χ0) is 16.0. The highest BCUT2D eigenvalue weighted by Crippen LogP contribution is 2.27. The maximum Gasteiger partial charge on any atom is 0.244 e. The van der Waals surface area contributed by atoms with Crippen LogP contribution >= 0.6 is 11.8 Å². The van der Waals surface area contributed by atoms with E-state index in [2.05, 4.69) is 16.6 Å². The van der Waals surface area contributed by atoms with E-state index in [-0.39, 0.29) is 30.8 Å². The topological polar surface area (TPSA) is 78.5 Å². The zero-order valence-corrected chi connectivity index (χ0v) is 13.4. The maximum absolute atomic E-state index is 12.3. The molecule has 1 aliphatic rings. The summed E-state index contributed by atoms with van der Waals surface area (Å²) < 4.78 is 0. The van der Waals surface area contributed by atoms with Crippen LogP contribution in [0, 0.1) is 17.8 Å². The molecule has 7 heteroatoms. The van der Waals surface area contributed by atoms with Crippen LogP contribution in [0.25, 0.3) is 0 Å². The molecule has 0 bridgehead atoms. The van der Waals surface area contributed by atoms with Gasteiger partial charge in [0.15, 0.2) is 0 Å². The fourth-order valence-electron chi connectivity index (χ4n) is 1.79. The third-order valence-electron chi connectivity index (χ3n) is 2.90. The summed E-state index contributed by atoms with van der Waals surface area (Å²) in [5.41, 5.74) is -0.534. The van der Waals surface area contributed by atoms with Crippen molar-refractivity contribution in [1.82, 2.24) is 15.5 Å². The molecule has 1 fully saturated rings. The summed E-state index contributed by atoms with van der Waals surface area (Å²) in [7, 11) is 0. The van der Waals surface area contributed by atoms with E-state index in [4.69, 9.17) is 6.42 Å². The average molecular weight is 311 g/mol. The van der Waals surface area contributed by atoms with E-state index in [1.165, 1.54) is 11.8 Å². The van der Waals surface area contributed by atoms with Gasteiger partial charge in [-0.3, -0.25) is 14.4 Å². The molecule has 0 aromatic rings. The summed E-state index contributed by atoms with van der Waals surface area (Å²) >= 11 is 1.53. The number of carbonyl (C=O) groups is 3. The van der Waals surface area contributed by atoms with Crippen LogP contribution in [0.3, 0.4) is 0 Å². The number of hydrogen-bond acceptors (Lipinski definition) is 4. The molecule has 0 saturated carbocycles. The Morgan fingerprint density at radius 1 is 1.33 bits per heavy atom. The molecule has 2 N–H and O–H groups in total. The summed E-state index contributed by atoms with van der Waals surface area (Å²) in [5.74, 6) is 2.59. The number of nitrogens with one attached hydrogen (secondary N) is 2. The molecule has 116 valence electrons. The van der Waals surface area contributed by atoms with Gasteiger partial charge >= 0.3 is 0 Å². The first-order chi connectivity index (χ1) is 9.77. The summed E-state index contributed by atoms with van der Waals surface area (Å²) in [6.07, 6.45) is 5.03. The highest BCUT2D eigenvalue weighted by molar-refractivity contribution is 7.99. The number of thioether (sulfide) groups is 1. The van der Waals surface area contributed by atoms with E-state index in [1.54, 1.807) is 4.90 Å². The van der Waals surface area contributed by atoms with Crippen molar-refractivity contribution >= 4 is 29.5 Å². The monoisotopic (exact) mass is 311 g/mol. The molecule has 0 radical (unpaired) electrons. The zero-order valence-electron chi connectivity index (χ0n) is 12.6. The molecule has 21 heavy (non-hydrogen) atoms. The first kappa shape index (κ1) is 17.4. The first-order valence-corrected chi connectivity index (χ1v) is 7.79. The molecule has 1 atom stereocenters. The molecule has 1 heterocycles. The average Bonchev–Trinajstić information content (AvgIpc) is 2.89. The van der Waals surface area contributed by atoms with Crippen LogP contribution in [0.2, 0.25) is 0 Å². The van der Waals surface area contributed by atoms with Crippen LogP contribution in [0.1, 0.15) is 20.8 Å². The fraction of sp³-hybridized carbons (Fsp3) is 0.643. The van der Waals surface area contributed by atoms with E-state index < -0.39 is 11.5 Å². The lowest BCUT2D eigenvalue weighted by molar-refractivity contribution is -0.144. The van der Waals surface area contributed by atoms with Crippen molar-refractivity contribution in [3.05, 3.63) is 0 Å². The first-order valence-electron chi connectivity index (χ1n) is 6.64. The minimum atomic E-state index is -0.534. The van der Waals surface area contributed by atoms with E-state index in [9.17, 15) is 14.4 Å². The van der Waals surface area contributed by atoms with E-state index in [0.717, 1.165) is 0 Å².